The number of nitrogens with one attached hydrogen (secondary N) is 1. The van der Waals surface area contributed by atoms with Crippen LogP contribution < -0.4 is 10.2 Å². The number of hydrogen-bond acceptors (Lipinski definition) is 3. The van der Waals surface area contributed by atoms with Crippen LogP contribution in [-0.4, -0.2) is 24.1 Å². The van der Waals surface area contributed by atoms with Crippen LogP contribution in [0.2, 0.25) is 0 Å². The summed E-state index contributed by atoms with van der Waals surface area (Å²) in [6.45, 7) is 10.8. The molecule has 0 amide bonds. The average Bonchev–Trinajstić information content (AvgIpc) is 2.34. The fraction of sp³-hybridized carbons (Fsp3) is 0.533. The van der Waals surface area contributed by atoms with Crippen LogP contribution in [0.5, 0.6) is 0 Å². The van der Waals surface area contributed by atoms with Gasteiger partial charge in [-0.1, -0.05) is 19.8 Å². The maximum atomic E-state index is 5.43. The third kappa shape index (κ3) is 4.05. The standard InChI is InChI=1S/C15H23N3/c1-6-8-18(7-2)15-9-13(5)17-11-14(15)10-16-12(3)4/h1,9,11-12,16H,7-8,10H2,2-5H3. The zero-order valence-electron chi connectivity index (χ0n) is 11.8. The number of hydrogen-bond donors (Lipinski definition) is 1. The molecule has 0 fully saturated rings. The molecule has 1 N–H and O–H groups in total. The molecule has 0 bridgehead atoms. The Morgan fingerprint density at radius 1 is 1.50 bits per heavy atom. The summed E-state index contributed by atoms with van der Waals surface area (Å²) in [4.78, 5) is 6.58. The van der Waals surface area contributed by atoms with Crippen molar-refractivity contribution in [3.05, 3.63) is 23.5 Å². The maximum absolute atomic E-state index is 5.43. The molecule has 0 unspecified atom stereocenters. The number of anilines is 1. The van der Waals surface area contributed by atoms with Gasteiger partial charge in [0.2, 0.25) is 0 Å². The molecule has 1 aromatic heterocycles. The fourth-order valence-corrected chi connectivity index (χ4v) is 1.80. The summed E-state index contributed by atoms with van der Waals surface area (Å²) in [5.74, 6) is 2.71. The van der Waals surface area contributed by atoms with Crippen LogP contribution >= 0.6 is 0 Å². The molecule has 0 aliphatic heterocycles. The second-order valence-corrected chi connectivity index (χ2v) is 4.71. The summed E-state index contributed by atoms with van der Waals surface area (Å²) >= 11 is 0. The molecule has 0 saturated heterocycles. The Morgan fingerprint density at radius 3 is 2.78 bits per heavy atom. The van der Waals surface area contributed by atoms with Crippen LogP contribution in [0.1, 0.15) is 32.0 Å². The van der Waals surface area contributed by atoms with Crippen molar-refractivity contribution in [2.45, 2.75) is 40.3 Å². The SMILES string of the molecule is C#CCN(CC)c1cc(C)ncc1CNC(C)C. The summed E-state index contributed by atoms with van der Waals surface area (Å²) in [7, 11) is 0. The van der Waals surface area contributed by atoms with Crippen LogP contribution in [0.4, 0.5) is 5.69 Å². The number of aryl methyl sites for hydroxylation is 1. The van der Waals surface area contributed by atoms with E-state index in [0.29, 0.717) is 12.6 Å². The molecule has 18 heavy (non-hydrogen) atoms. The van der Waals surface area contributed by atoms with Crippen molar-refractivity contribution in [3.8, 4) is 12.3 Å². The summed E-state index contributed by atoms with van der Waals surface area (Å²) in [6.07, 6.45) is 7.37. The molecular formula is C15H23N3. The van der Waals surface area contributed by atoms with E-state index in [4.69, 9.17) is 6.42 Å². The summed E-state index contributed by atoms with van der Waals surface area (Å²) in [5.41, 5.74) is 3.41. The molecule has 0 aliphatic rings. The molecule has 1 rings (SSSR count). The van der Waals surface area contributed by atoms with E-state index >= 15 is 0 Å². The van der Waals surface area contributed by atoms with Crippen LogP contribution in [0.25, 0.3) is 0 Å². The molecular weight excluding hydrogens is 222 g/mol. The Morgan fingerprint density at radius 2 is 2.22 bits per heavy atom. The summed E-state index contributed by atoms with van der Waals surface area (Å²) in [5, 5.41) is 3.42. The molecule has 0 saturated carbocycles. The third-order valence-electron chi connectivity index (χ3n) is 2.80. The maximum Gasteiger partial charge on any atom is 0.0791 e. The van der Waals surface area contributed by atoms with Crippen molar-refractivity contribution in [3.63, 3.8) is 0 Å². The van der Waals surface area contributed by atoms with Crippen molar-refractivity contribution in [2.75, 3.05) is 18.0 Å². The van der Waals surface area contributed by atoms with Gasteiger partial charge in [0.1, 0.15) is 0 Å². The van der Waals surface area contributed by atoms with Gasteiger partial charge in [0, 0.05) is 42.3 Å². The molecule has 98 valence electrons. The second-order valence-electron chi connectivity index (χ2n) is 4.71. The number of terminal acetylenes is 1. The lowest BCUT2D eigenvalue weighted by atomic mass is 10.1. The number of aromatic nitrogens is 1. The Kier molecular flexibility index (Phi) is 5.67. The lowest BCUT2D eigenvalue weighted by Gasteiger charge is -2.24. The van der Waals surface area contributed by atoms with Crippen LogP contribution in [0.3, 0.4) is 0 Å². The Hall–Kier alpha value is -1.53. The van der Waals surface area contributed by atoms with E-state index in [0.717, 1.165) is 18.8 Å². The third-order valence-corrected chi connectivity index (χ3v) is 2.80. The van der Waals surface area contributed by atoms with Gasteiger partial charge >= 0.3 is 0 Å². The van der Waals surface area contributed by atoms with E-state index in [9.17, 15) is 0 Å². The highest BCUT2D eigenvalue weighted by molar-refractivity contribution is 5.54. The van der Waals surface area contributed by atoms with E-state index < -0.39 is 0 Å². The van der Waals surface area contributed by atoms with Crippen LogP contribution in [-0.2, 0) is 6.54 Å². The Balaban J connectivity index is 2.98. The summed E-state index contributed by atoms with van der Waals surface area (Å²) in [6, 6.07) is 2.57. The zero-order valence-corrected chi connectivity index (χ0v) is 11.8. The number of pyridine rings is 1. The van der Waals surface area contributed by atoms with Crippen molar-refractivity contribution in [2.24, 2.45) is 0 Å². The van der Waals surface area contributed by atoms with Gasteiger partial charge in [-0.25, -0.2) is 0 Å². The van der Waals surface area contributed by atoms with Gasteiger partial charge in [-0.05, 0) is 19.9 Å². The minimum absolute atomic E-state index is 0.460. The predicted octanol–water partition coefficient (Wildman–Crippen LogP) is 2.35. The first-order valence-electron chi connectivity index (χ1n) is 6.45. The zero-order chi connectivity index (χ0) is 13.5. The van der Waals surface area contributed by atoms with E-state index in [2.05, 4.69) is 48.0 Å². The van der Waals surface area contributed by atoms with Gasteiger partial charge in [-0.15, -0.1) is 6.42 Å². The van der Waals surface area contributed by atoms with Crippen LogP contribution in [0.15, 0.2) is 12.3 Å². The number of nitrogens with zero attached hydrogens (tertiary/aromatic N) is 2. The molecule has 1 aromatic rings. The van der Waals surface area contributed by atoms with Gasteiger partial charge in [0.15, 0.2) is 0 Å². The van der Waals surface area contributed by atoms with E-state index in [1.807, 2.05) is 13.1 Å². The molecule has 1 heterocycles. The topological polar surface area (TPSA) is 28.2 Å². The summed E-state index contributed by atoms with van der Waals surface area (Å²) < 4.78 is 0. The minimum atomic E-state index is 0.460. The van der Waals surface area contributed by atoms with Crippen molar-refractivity contribution in [1.82, 2.24) is 10.3 Å². The lowest BCUT2D eigenvalue weighted by Crippen LogP contribution is -2.27. The first-order valence-corrected chi connectivity index (χ1v) is 6.45. The minimum Gasteiger partial charge on any atom is -0.360 e. The van der Waals surface area contributed by atoms with Crippen LogP contribution in [0, 0.1) is 19.3 Å². The number of rotatable bonds is 6. The van der Waals surface area contributed by atoms with Crippen molar-refractivity contribution >= 4 is 5.69 Å². The molecule has 0 aromatic carbocycles. The Bertz CT molecular complexity index is 418. The van der Waals surface area contributed by atoms with Gasteiger partial charge in [-0.2, -0.15) is 0 Å². The predicted molar refractivity (Wildman–Crippen MR) is 77.7 cm³/mol. The average molecular weight is 245 g/mol. The highest BCUT2D eigenvalue weighted by Gasteiger charge is 2.10. The highest BCUT2D eigenvalue weighted by atomic mass is 15.1. The fourth-order valence-electron chi connectivity index (χ4n) is 1.80. The monoisotopic (exact) mass is 245 g/mol. The van der Waals surface area contributed by atoms with Gasteiger partial charge < -0.3 is 10.2 Å². The van der Waals surface area contributed by atoms with Gasteiger partial charge in [0.25, 0.3) is 0 Å². The van der Waals surface area contributed by atoms with Gasteiger partial charge in [-0.3, -0.25) is 4.98 Å². The Labute approximate surface area is 111 Å². The lowest BCUT2D eigenvalue weighted by molar-refractivity contribution is 0.587. The second kappa shape index (κ2) is 7.03. The quantitative estimate of drug-likeness (QED) is 0.780. The van der Waals surface area contributed by atoms with E-state index in [1.165, 1.54) is 11.3 Å². The largest absolute Gasteiger partial charge is 0.360 e. The molecule has 0 radical (unpaired) electrons. The van der Waals surface area contributed by atoms with E-state index in [1.54, 1.807) is 0 Å². The van der Waals surface area contributed by atoms with E-state index in [-0.39, 0.29) is 0 Å². The normalized spacial score (nSPS) is 10.4. The first kappa shape index (κ1) is 14.5. The van der Waals surface area contributed by atoms with Crippen molar-refractivity contribution in [1.29, 1.82) is 0 Å². The molecule has 0 aliphatic carbocycles. The van der Waals surface area contributed by atoms with Crippen molar-refractivity contribution < 1.29 is 0 Å². The molecule has 3 nitrogen and oxygen atoms in total. The molecule has 0 spiro atoms. The van der Waals surface area contributed by atoms with Gasteiger partial charge in [0.05, 0.1) is 6.54 Å². The first-order chi connectivity index (χ1) is 8.58. The smallest absolute Gasteiger partial charge is 0.0791 e. The molecule has 0 atom stereocenters. The molecule has 3 heteroatoms. The highest BCUT2D eigenvalue weighted by Crippen LogP contribution is 2.20.